The molecule has 2 aromatic carbocycles. The quantitative estimate of drug-likeness (QED) is 0.567. The third-order valence-electron chi connectivity index (χ3n) is 4.64. The fourth-order valence-electron chi connectivity index (χ4n) is 3.54. The predicted octanol–water partition coefficient (Wildman–Crippen LogP) is -0.386. The SMILES string of the molecule is CC(C)c1[c-]c2c(cc1)-c1ccccc1C2C1=CC=CC1.[Cl-].[Cl-].[Zr+3]. The van der Waals surface area contributed by atoms with Crippen LogP contribution in [-0.4, -0.2) is 0 Å². The molecule has 1 unspecified atom stereocenters. The van der Waals surface area contributed by atoms with Gasteiger partial charge in [0.2, 0.25) is 0 Å². The van der Waals surface area contributed by atoms with Crippen molar-refractivity contribution >= 4 is 0 Å². The molecule has 0 fully saturated rings. The summed E-state index contributed by atoms with van der Waals surface area (Å²) >= 11 is 0. The first-order chi connectivity index (χ1) is 10.3. The summed E-state index contributed by atoms with van der Waals surface area (Å²) in [5.41, 5.74) is 8.39. The molecule has 2 aromatic rings. The van der Waals surface area contributed by atoms with Gasteiger partial charge in [-0.1, -0.05) is 67.5 Å². The van der Waals surface area contributed by atoms with E-state index in [2.05, 4.69) is 74.5 Å². The maximum atomic E-state index is 3.73. The van der Waals surface area contributed by atoms with Gasteiger partial charge in [0.1, 0.15) is 0 Å². The summed E-state index contributed by atoms with van der Waals surface area (Å²) in [6, 6.07) is 17.1. The minimum Gasteiger partial charge on any atom is -1.00 e. The molecule has 121 valence electrons. The van der Waals surface area contributed by atoms with Gasteiger partial charge in [-0.2, -0.15) is 23.8 Å². The standard InChI is InChI=1S/C21H19.2ClH.Zr/c1-14(2)16-11-12-18-17-9-5-6-10-19(17)21(20(18)13-16)15-7-3-4-8-15;;;/h3-7,9-12,14,21H,8H2,1-2H3;2*1H;/q-1;;;+3/p-2. The van der Waals surface area contributed by atoms with Crippen molar-refractivity contribution in [2.75, 3.05) is 0 Å². The van der Waals surface area contributed by atoms with E-state index >= 15 is 0 Å². The third-order valence-corrected chi connectivity index (χ3v) is 4.64. The first kappa shape index (κ1) is 21.4. The molecule has 0 aromatic heterocycles. The molecule has 4 rings (SSSR count). The van der Waals surface area contributed by atoms with Crippen LogP contribution >= 0.6 is 0 Å². The Morgan fingerprint density at radius 2 is 1.75 bits per heavy atom. The van der Waals surface area contributed by atoms with E-state index < -0.39 is 0 Å². The molecule has 0 saturated carbocycles. The molecule has 0 heterocycles. The number of halogens is 2. The topological polar surface area (TPSA) is 0 Å². The van der Waals surface area contributed by atoms with E-state index in [4.69, 9.17) is 0 Å². The maximum Gasteiger partial charge on any atom is 3.00 e. The van der Waals surface area contributed by atoms with Crippen LogP contribution in [0.4, 0.5) is 0 Å². The Hall–Kier alpha value is -0.617. The second-order valence-electron chi connectivity index (χ2n) is 6.29. The van der Waals surface area contributed by atoms with Crippen molar-refractivity contribution in [3.8, 4) is 11.1 Å². The van der Waals surface area contributed by atoms with Crippen molar-refractivity contribution in [1.29, 1.82) is 0 Å². The van der Waals surface area contributed by atoms with Gasteiger partial charge in [-0.25, -0.2) is 0 Å². The molecule has 0 saturated heterocycles. The van der Waals surface area contributed by atoms with Crippen molar-refractivity contribution in [1.82, 2.24) is 0 Å². The van der Waals surface area contributed by atoms with Crippen LogP contribution in [0.3, 0.4) is 0 Å². The van der Waals surface area contributed by atoms with Crippen LogP contribution in [0.2, 0.25) is 0 Å². The first-order valence-electron chi connectivity index (χ1n) is 7.76. The summed E-state index contributed by atoms with van der Waals surface area (Å²) in [6.45, 7) is 4.48. The van der Waals surface area contributed by atoms with Gasteiger partial charge in [-0.3, -0.25) is 0 Å². The van der Waals surface area contributed by atoms with Gasteiger partial charge in [0.05, 0.1) is 0 Å². The Balaban J connectivity index is 0.000000960. The minimum absolute atomic E-state index is 0. The summed E-state index contributed by atoms with van der Waals surface area (Å²) in [7, 11) is 0. The van der Waals surface area contributed by atoms with Crippen LogP contribution in [0, 0.1) is 6.07 Å². The summed E-state index contributed by atoms with van der Waals surface area (Å²) in [6.07, 6.45) is 7.79. The van der Waals surface area contributed by atoms with E-state index in [1.807, 2.05) is 0 Å². The Morgan fingerprint density at radius 3 is 2.42 bits per heavy atom. The van der Waals surface area contributed by atoms with E-state index in [0.29, 0.717) is 11.8 Å². The minimum atomic E-state index is 0. The van der Waals surface area contributed by atoms with E-state index in [0.717, 1.165) is 6.42 Å². The second-order valence-corrected chi connectivity index (χ2v) is 6.29. The van der Waals surface area contributed by atoms with Gasteiger partial charge in [0, 0.05) is 5.92 Å². The zero-order valence-corrected chi connectivity index (χ0v) is 17.8. The van der Waals surface area contributed by atoms with Gasteiger partial charge in [0.15, 0.2) is 0 Å². The molecular formula is C21H19Cl2Zr. The van der Waals surface area contributed by atoms with Crippen molar-refractivity contribution in [2.45, 2.75) is 32.1 Å². The van der Waals surface area contributed by atoms with Crippen molar-refractivity contribution in [3.05, 3.63) is 83.0 Å². The van der Waals surface area contributed by atoms with Crippen molar-refractivity contribution < 1.29 is 51.0 Å². The number of fused-ring (bicyclic) bond motifs is 3. The average molecular weight is 434 g/mol. The molecule has 2 aliphatic carbocycles. The summed E-state index contributed by atoms with van der Waals surface area (Å²) in [4.78, 5) is 0. The Bertz CT molecular complexity index is 775. The molecule has 3 heteroatoms. The third kappa shape index (κ3) is 3.50. The van der Waals surface area contributed by atoms with Gasteiger partial charge < -0.3 is 24.8 Å². The van der Waals surface area contributed by atoms with E-state index in [9.17, 15) is 0 Å². The van der Waals surface area contributed by atoms with E-state index in [1.54, 1.807) is 0 Å². The molecule has 0 bridgehead atoms. The zero-order chi connectivity index (χ0) is 14.4. The van der Waals surface area contributed by atoms with Crippen LogP contribution < -0.4 is 24.8 Å². The summed E-state index contributed by atoms with van der Waals surface area (Å²) < 4.78 is 0. The fourth-order valence-corrected chi connectivity index (χ4v) is 3.54. The zero-order valence-electron chi connectivity index (χ0n) is 13.8. The molecule has 24 heavy (non-hydrogen) atoms. The van der Waals surface area contributed by atoms with E-state index in [1.165, 1.54) is 33.4 Å². The molecule has 0 amide bonds. The molecule has 0 spiro atoms. The van der Waals surface area contributed by atoms with Gasteiger partial charge in [-0.05, 0) is 17.9 Å². The molecule has 0 nitrogen and oxygen atoms in total. The van der Waals surface area contributed by atoms with Crippen molar-refractivity contribution in [3.63, 3.8) is 0 Å². The number of rotatable bonds is 2. The number of hydrogen-bond donors (Lipinski definition) is 0. The van der Waals surface area contributed by atoms with Gasteiger partial charge in [-0.15, -0.1) is 11.1 Å². The number of benzene rings is 2. The first-order valence-corrected chi connectivity index (χ1v) is 7.76. The van der Waals surface area contributed by atoms with Crippen LogP contribution in [0.25, 0.3) is 11.1 Å². The molecule has 0 aliphatic heterocycles. The Labute approximate surface area is 176 Å². The van der Waals surface area contributed by atoms with Crippen LogP contribution in [0.5, 0.6) is 0 Å². The molecule has 2 aliphatic rings. The Morgan fingerprint density at radius 1 is 1.00 bits per heavy atom. The van der Waals surface area contributed by atoms with Crippen LogP contribution in [0.15, 0.2) is 60.2 Å². The Kier molecular flexibility index (Phi) is 7.73. The summed E-state index contributed by atoms with van der Waals surface area (Å²) in [5.74, 6) is 0.917. The predicted molar refractivity (Wildman–Crippen MR) is 88.5 cm³/mol. The largest absolute Gasteiger partial charge is 3.00 e. The second kappa shape index (κ2) is 8.66. The maximum absolute atomic E-state index is 3.73. The molecule has 0 N–H and O–H groups in total. The smallest absolute Gasteiger partial charge is 1.00 e. The van der Waals surface area contributed by atoms with Crippen molar-refractivity contribution in [2.24, 2.45) is 0 Å². The average Bonchev–Trinajstić information content (AvgIpc) is 3.11. The van der Waals surface area contributed by atoms with Crippen LogP contribution in [0.1, 0.15) is 48.8 Å². The normalized spacial score (nSPS) is 16.5. The van der Waals surface area contributed by atoms with Crippen LogP contribution in [-0.2, 0) is 26.2 Å². The molecular weight excluding hydrogens is 414 g/mol. The van der Waals surface area contributed by atoms with Gasteiger partial charge >= 0.3 is 26.2 Å². The van der Waals surface area contributed by atoms with E-state index in [-0.39, 0.29) is 51.0 Å². The fraction of sp³-hybridized carbons (Fsp3) is 0.238. The monoisotopic (exact) mass is 431 g/mol. The number of hydrogen-bond acceptors (Lipinski definition) is 0. The summed E-state index contributed by atoms with van der Waals surface area (Å²) in [5, 5.41) is 0. The number of allylic oxidation sites excluding steroid dienone is 4. The van der Waals surface area contributed by atoms with Gasteiger partial charge in [0.25, 0.3) is 0 Å². The molecule has 1 atom stereocenters. The molecule has 1 radical (unpaired) electrons.